The highest BCUT2D eigenvalue weighted by Crippen LogP contribution is 2.37. The van der Waals surface area contributed by atoms with Crippen LogP contribution in [0, 0.1) is 10.8 Å². The maximum atomic E-state index is 10.4. The van der Waals surface area contributed by atoms with Gasteiger partial charge in [0.2, 0.25) is 0 Å². The van der Waals surface area contributed by atoms with Gasteiger partial charge >= 0.3 is 0 Å². The Morgan fingerprint density at radius 3 is 2.47 bits per heavy atom. The van der Waals surface area contributed by atoms with E-state index < -0.39 is 0 Å². The van der Waals surface area contributed by atoms with E-state index in [9.17, 15) is 4.79 Å². The normalized spacial score (nSPS) is 15.1. The first kappa shape index (κ1) is 13.6. The van der Waals surface area contributed by atoms with Crippen LogP contribution in [0.5, 0.6) is 0 Å². The van der Waals surface area contributed by atoms with Crippen LogP contribution in [0.15, 0.2) is 37.0 Å². The molecule has 0 aromatic rings. The van der Waals surface area contributed by atoms with Gasteiger partial charge in [0.1, 0.15) is 6.29 Å². The molecule has 1 N–H and O–H groups in total. The quantitative estimate of drug-likeness (QED) is 0.281. The molecule has 0 radical (unpaired) electrons. The molecule has 0 bridgehead atoms. The Labute approximate surface area is 91.9 Å². The van der Waals surface area contributed by atoms with Crippen LogP contribution in [0.3, 0.4) is 0 Å². The molecule has 0 rings (SSSR count). The van der Waals surface area contributed by atoms with Gasteiger partial charge in [-0.1, -0.05) is 25.7 Å². The fourth-order valence-electron chi connectivity index (χ4n) is 1.73. The second kappa shape index (κ2) is 6.93. The topological polar surface area (TPSA) is 40.9 Å². The Morgan fingerprint density at radius 1 is 1.47 bits per heavy atom. The van der Waals surface area contributed by atoms with Gasteiger partial charge < -0.3 is 10.2 Å². The van der Waals surface area contributed by atoms with E-state index in [-0.39, 0.29) is 5.41 Å². The summed E-state index contributed by atoms with van der Waals surface area (Å²) in [6.07, 6.45) is 9.55. The Balaban J connectivity index is 5.11. The van der Waals surface area contributed by atoms with Crippen molar-refractivity contribution in [2.24, 2.45) is 5.41 Å². The monoisotopic (exact) mass is 205 g/mol. The number of carbonyl (C=O) groups excluding carboxylic acids is 1. The first-order valence-electron chi connectivity index (χ1n) is 5.11. The van der Waals surface area contributed by atoms with Gasteiger partial charge in [0, 0.05) is 18.1 Å². The van der Waals surface area contributed by atoms with E-state index in [4.69, 9.17) is 5.41 Å². The molecule has 0 aliphatic rings. The first-order chi connectivity index (χ1) is 7.20. The predicted octanol–water partition coefficient (Wildman–Crippen LogP) is 3.31. The second-order valence-electron chi connectivity index (χ2n) is 3.41. The van der Waals surface area contributed by atoms with Gasteiger partial charge in [-0.3, -0.25) is 0 Å². The minimum atomic E-state index is -0.222. The van der Waals surface area contributed by atoms with E-state index >= 15 is 0 Å². The van der Waals surface area contributed by atoms with Crippen molar-refractivity contribution in [1.82, 2.24) is 0 Å². The predicted molar refractivity (Wildman–Crippen MR) is 65.3 cm³/mol. The van der Waals surface area contributed by atoms with E-state index in [1.165, 1.54) is 6.21 Å². The summed E-state index contributed by atoms with van der Waals surface area (Å²) in [7, 11) is 0. The van der Waals surface area contributed by atoms with Crippen molar-refractivity contribution in [3.05, 3.63) is 37.0 Å². The molecule has 0 saturated heterocycles. The van der Waals surface area contributed by atoms with Gasteiger partial charge in [-0.15, -0.1) is 6.58 Å². The standard InChI is InChI=1S/C13H19NO/c1-4-12(8-10-14)13(5-2,6-3)9-7-11-15/h4-5,8,10-11,14H,1-2,6-7,9H2,3H3/b12-8+,14-10?. The molecule has 0 spiro atoms. The van der Waals surface area contributed by atoms with Crippen LogP contribution in [-0.4, -0.2) is 12.5 Å². The van der Waals surface area contributed by atoms with Crippen LogP contribution in [0.1, 0.15) is 26.2 Å². The fraction of sp³-hybridized carbons (Fsp3) is 0.385. The lowest BCUT2D eigenvalue weighted by Gasteiger charge is -2.30. The molecule has 0 aromatic heterocycles. The lowest BCUT2D eigenvalue weighted by atomic mass is 9.74. The zero-order chi connectivity index (χ0) is 11.7. The van der Waals surface area contributed by atoms with Crippen molar-refractivity contribution >= 4 is 12.5 Å². The molecule has 0 aliphatic carbocycles. The summed E-state index contributed by atoms with van der Waals surface area (Å²) in [4.78, 5) is 10.4. The fourth-order valence-corrected chi connectivity index (χ4v) is 1.73. The first-order valence-corrected chi connectivity index (χ1v) is 5.11. The van der Waals surface area contributed by atoms with E-state index in [1.807, 2.05) is 13.0 Å². The van der Waals surface area contributed by atoms with E-state index in [1.54, 1.807) is 12.2 Å². The van der Waals surface area contributed by atoms with E-state index in [0.29, 0.717) is 6.42 Å². The zero-order valence-corrected chi connectivity index (χ0v) is 9.33. The smallest absolute Gasteiger partial charge is 0.120 e. The maximum Gasteiger partial charge on any atom is 0.120 e. The number of hydrogen-bond donors (Lipinski definition) is 1. The highest BCUT2D eigenvalue weighted by Gasteiger charge is 2.26. The summed E-state index contributed by atoms with van der Waals surface area (Å²) in [5.41, 5.74) is 0.733. The molecule has 0 heterocycles. The summed E-state index contributed by atoms with van der Waals surface area (Å²) in [6, 6.07) is 0. The van der Waals surface area contributed by atoms with Crippen molar-refractivity contribution in [2.45, 2.75) is 26.2 Å². The highest BCUT2D eigenvalue weighted by molar-refractivity contribution is 5.70. The summed E-state index contributed by atoms with van der Waals surface area (Å²) in [5.74, 6) is 0. The van der Waals surface area contributed by atoms with Gasteiger partial charge in [0.25, 0.3) is 0 Å². The number of aldehydes is 1. The Bertz CT molecular complexity index is 278. The lowest BCUT2D eigenvalue weighted by Crippen LogP contribution is -2.19. The van der Waals surface area contributed by atoms with Crippen LogP contribution in [0.25, 0.3) is 0 Å². The third kappa shape index (κ3) is 3.31. The average molecular weight is 205 g/mol. The number of allylic oxidation sites excluding steroid dienone is 4. The SMILES string of the molecule is C=C/C(=C\C=N)C(C=C)(CC)CCC=O. The molecule has 2 nitrogen and oxygen atoms in total. The van der Waals surface area contributed by atoms with Gasteiger partial charge in [0.05, 0.1) is 0 Å². The summed E-state index contributed by atoms with van der Waals surface area (Å²) >= 11 is 0. The number of nitrogens with one attached hydrogen (secondary N) is 1. The molecule has 0 aromatic carbocycles. The second-order valence-corrected chi connectivity index (χ2v) is 3.41. The van der Waals surface area contributed by atoms with Gasteiger partial charge in [-0.25, -0.2) is 0 Å². The van der Waals surface area contributed by atoms with Crippen molar-refractivity contribution in [3.63, 3.8) is 0 Å². The van der Waals surface area contributed by atoms with E-state index in [0.717, 1.165) is 24.7 Å². The van der Waals surface area contributed by atoms with Crippen molar-refractivity contribution in [2.75, 3.05) is 0 Å². The molecule has 0 amide bonds. The lowest BCUT2D eigenvalue weighted by molar-refractivity contribution is -0.108. The molecule has 1 unspecified atom stereocenters. The molecule has 0 aliphatic heterocycles. The van der Waals surface area contributed by atoms with Crippen LogP contribution < -0.4 is 0 Å². The van der Waals surface area contributed by atoms with Gasteiger partial charge in [-0.05, 0) is 24.5 Å². The van der Waals surface area contributed by atoms with Crippen LogP contribution >= 0.6 is 0 Å². The third-order valence-electron chi connectivity index (χ3n) is 2.79. The van der Waals surface area contributed by atoms with Crippen LogP contribution in [0.2, 0.25) is 0 Å². The molecule has 1 atom stereocenters. The minimum Gasteiger partial charge on any atom is -0.309 e. The number of hydrogen-bond acceptors (Lipinski definition) is 2. The molecular formula is C13H19NO. The highest BCUT2D eigenvalue weighted by atomic mass is 16.1. The Morgan fingerprint density at radius 2 is 2.13 bits per heavy atom. The summed E-state index contributed by atoms with van der Waals surface area (Å²) < 4.78 is 0. The third-order valence-corrected chi connectivity index (χ3v) is 2.79. The van der Waals surface area contributed by atoms with Crippen LogP contribution in [-0.2, 0) is 4.79 Å². The van der Waals surface area contributed by atoms with Gasteiger partial charge in [0.15, 0.2) is 0 Å². The molecular weight excluding hydrogens is 186 g/mol. The molecule has 82 valence electrons. The zero-order valence-electron chi connectivity index (χ0n) is 9.33. The van der Waals surface area contributed by atoms with Crippen LogP contribution in [0.4, 0.5) is 0 Å². The van der Waals surface area contributed by atoms with Crippen molar-refractivity contribution in [3.8, 4) is 0 Å². The molecule has 2 heteroatoms. The average Bonchev–Trinajstić information content (AvgIpc) is 2.29. The summed E-state index contributed by atoms with van der Waals surface area (Å²) in [5, 5.41) is 7.09. The van der Waals surface area contributed by atoms with Crippen molar-refractivity contribution < 1.29 is 4.79 Å². The Hall–Kier alpha value is -1.44. The number of carbonyl (C=O) groups is 1. The molecule has 0 saturated carbocycles. The maximum absolute atomic E-state index is 10.4. The largest absolute Gasteiger partial charge is 0.309 e. The van der Waals surface area contributed by atoms with E-state index in [2.05, 4.69) is 13.2 Å². The Kier molecular flexibility index (Phi) is 6.27. The number of rotatable bonds is 8. The van der Waals surface area contributed by atoms with Crippen molar-refractivity contribution in [1.29, 1.82) is 5.41 Å². The minimum absolute atomic E-state index is 0.222. The summed E-state index contributed by atoms with van der Waals surface area (Å²) in [6.45, 7) is 9.62. The van der Waals surface area contributed by atoms with Gasteiger partial charge in [-0.2, -0.15) is 0 Å². The molecule has 15 heavy (non-hydrogen) atoms. The molecule has 0 fully saturated rings.